The summed E-state index contributed by atoms with van der Waals surface area (Å²) in [5.74, 6) is -1.03. The minimum atomic E-state index is -1.12. The normalized spacial score (nSPS) is 11.0. The molecule has 16 heavy (non-hydrogen) atoms. The topological polar surface area (TPSA) is 68.5 Å². The first-order valence-corrected chi connectivity index (χ1v) is 4.90. The number of halogens is 1. The number of furan rings is 1. The lowest BCUT2D eigenvalue weighted by Crippen LogP contribution is -2.50. The zero-order valence-corrected chi connectivity index (χ0v) is 9.92. The third-order valence-electron chi connectivity index (χ3n) is 1.98. The minimum absolute atomic E-state index is 0.0156. The fraction of sp³-hybridized carbons (Fsp3) is 0.400. The molecule has 1 amide bonds. The van der Waals surface area contributed by atoms with E-state index in [-0.39, 0.29) is 10.8 Å². The van der Waals surface area contributed by atoms with Crippen molar-refractivity contribution in [1.82, 2.24) is 5.32 Å². The van der Waals surface area contributed by atoms with Crippen LogP contribution in [0, 0.1) is 0 Å². The van der Waals surface area contributed by atoms with Crippen LogP contribution in [0.4, 0.5) is 0 Å². The fourth-order valence-electron chi connectivity index (χ4n) is 1.11. The standard InChI is InChI=1S/C10H12ClNO4/c1-10(2,9(14)15-3)12-8(13)6-4-5-16-7(6)11/h4-5H,1-3H3,(H,12,13). The summed E-state index contributed by atoms with van der Waals surface area (Å²) < 4.78 is 9.33. The smallest absolute Gasteiger partial charge is 0.330 e. The second-order valence-corrected chi connectivity index (χ2v) is 4.02. The lowest BCUT2D eigenvalue weighted by atomic mass is 10.1. The largest absolute Gasteiger partial charge is 0.467 e. The Balaban J connectivity index is 2.79. The van der Waals surface area contributed by atoms with Crippen LogP contribution in [0.25, 0.3) is 0 Å². The second-order valence-electron chi connectivity index (χ2n) is 3.68. The Morgan fingerprint density at radius 3 is 2.56 bits per heavy atom. The lowest BCUT2D eigenvalue weighted by molar-refractivity contribution is -0.146. The summed E-state index contributed by atoms with van der Waals surface area (Å²) in [5.41, 5.74) is -0.939. The molecular weight excluding hydrogens is 234 g/mol. The van der Waals surface area contributed by atoms with Gasteiger partial charge in [0, 0.05) is 0 Å². The number of rotatable bonds is 3. The molecule has 88 valence electrons. The average molecular weight is 246 g/mol. The first-order valence-electron chi connectivity index (χ1n) is 4.52. The molecule has 1 aromatic rings. The Bertz CT molecular complexity index is 411. The number of esters is 1. The van der Waals surface area contributed by atoms with E-state index in [0.29, 0.717) is 0 Å². The first kappa shape index (κ1) is 12.6. The molecule has 0 unspecified atom stereocenters. The summed E-state index contributed by atoms with van der Waals surface area (Å²) in [7, 11) is 1.25. The van der Waals surface area contributed by atoms with Gasteiger partial charge in [-0.25, -0.2) is 4.79 Å². The molecule has 0 aliphatic carbocycles. The van der Waals surface area contributed by atoms with Crippen LogP contribution in [0.15, 0.2) is 16.7 Å². The van der Waals surface area contributed by atoms with Gasteiger partial charge in [0.2, 0.25) is 5.22 Å². The molecule has 0 saturated heterocycles. The summed E-state index contributed by atoms with van der Waals surface area (Å²) in [6, 6.07) is 1.42. The maximum Gasteiger partial charge on any atom is 0.330 e. The monoisotopic (exact) mass is 245 g/mol. The minimum Gasteiger partial charge on any atom is -0.467 e. The molecule has 1 N–H and O–H groups in total. The van der Waals surface area contributed by atoms with E-state index in [2.05, 4.69) is 10.1 Å². The van der Waals surface area contributed by atoms with Crippen molar-refractivity contribution in [2.75, 3.05) is 7.11 Å². The predicted molar refractivity (Wildman–Crippen MR) is 57.3 cm³/mol. The van der Waals surface area contributed by atoms with Crippen molar-refractivity contribution in [3.63, 3.8) is 0 Å². The van der Waals surface area contributed by atoms with Crippen LogP contribution in [0.1, 0.15) is 24.2 Å². The van der Waals surface area contributed by atoms with E-state index >= 15 is 0 Å². The maximum absolute atomic E-state index is 11.7. The van der Waals surface area contributed by atoms with Gasteiger partial charge < -0.3 is 14.5 Å². The van der Waals surface area contributed by atoms with E-state index in [1.54, 1.807) is 0 Å². The molecular formula is C10H12ClNO4. The zero-order chi connectivity index (χ0) is 12.3. The van der Waals surface area contributed by atoms with Crippen LogP contribution < -0.4 is 5.32 Å². The highest BCUT2D eigenvalue weighted by molar-refractivity contribution is 6.32. The number of carbonyl (C=O) groups excluding carboxylic acids is 2. The Morgan fingerprint density at radius 2 is 2.12 bits per heavy atom. The van der Waals surface area contributed by atoms with Crippen molar-refractivity contribution in [2.45, 2.75) is 19.4 Å². The zero-order valence-electron chi connectivity index (χ0n) is 9.17. The maximum atomic E-state index is 11.7. The molecule has 0 saturated carbocycles. The van der Waals surface area contributed by atoms with Gasteiger partial charge in [-0.15, -0.1) is 0 Å². The van der Waals surface area contributed by atoms with Crippen LogP contribution in [0.5, 0.6) is 0 Å². The van der Waals surface area contributed by atoms with Gasteiger partial charge in [-0.2, -0.15) is 0 Å². The van der Waals surface area contributed by atoms with Crippen LogP contribution in [0.3, 0.4) is 0 Å². The van der Waals surface area contributed by atoms with Crippen molar-refractivity contribution in [3.8, 4) is 0 Å². The molecule has 0 aromatic carbocycles. The van der Waals surface area contributed by atoms with Gasteiger partial charge >= 0.3 is 5.97 Å². The highest BCUT2D eigenvalue weighted by atomic mass is 35.5. The summed E-state index contributed by atoms with van der Waals surface area (Å²) in [5, 5.41) is 2.48. The van der Waals surface area contributed by atoms with Crippen molar-refractivity contribution in [2.24, 2.45) is 0 Å². The average Bonchev–Trinajstić information content (AvgIpc) is 2.62. The van der Waals surface area contributed by atoms with Crippen molar-refractivity contribution in [1.29, 1.82) is 0 Å². The second kappa shape index (κ2) is 4.57. The molecule has 0 atom stereocenters. The molecule has 1 rings (SSSR count). The van der Waals surface area contributed by atoms with Crippen molar-refractivity contribution in [3.05, 3.63) is 23.1 Å². The summed E-state index contributed by atoms with van der Waals surface area (Å²) >= 11 is 5.63. The third-order valence-corrected chi connectivity index (χ3v) is 2.28. The van der Waals surface area contributed by atoms with Gasteiger partial charge in [-0.3, -0.25) is 4.79 Å². The highest BCUT2D eigenvalue weighted by Crippen LogP contribution is 2.17. The number of carbonyl (C=O) groups is 2. The summed E-state index contributed by atoms with van der Waals surface area (Å²) in [6.45, 7) is 3.06. The SMILES string of the molecule is COC(=O)C(C)(C)NC(=O)c1ccoc1Cl. The van der Waals surface area contributed by atoms with Gasteiger partial charge in [0.25, 0.3) is 5.91 Å². The number of hydrogen-bond donors (Lipinski definition) is 1. The number of nitrogens with one attached hydrogen (secondary N) is 1. The fourth-order valence-corrected chi connectivity index (χ4v) is 1.31. The number of methoxy groups -OCH3 is 1. The van der Waals surface area contributed by atoms with Crippen LogP contribution in [0.2, 0.25) is 5.22 Å². The van der Waals surface area contributed by atoms with E-state index < -0.39 is 17.4 Å². The molecule has 0 spiro atoms. The Labute approximate surface area is 97.7 Å². The molecule has 0 aliphatic heterocycles. The predicted octanol–water partition coefficient (Wildman–Crippen LogP) is 1.61. The summed E-state index contributed by atoms with van der Waals surface area (Å²) in [4.78, 5) is 23.0. The molecule has 1 aromatic heterocycles. The third kappa shape index (κ3) is 2.55. The van der Waals surface area contributed by atoms with Gasteiger partial charge in [0.15, 0.2) is 0 Å². The van der Waals surface area contributed by atoms with E-state index in [1.807, 2.05) is 0 Å². The van der Waals surface area contributed by atoms with E-state index in [9.17, 15) is 9.59 Å². The Hall–Kier alpha value is -1.49. The van der Waals surface area contributed by atoms with E-state index in [4.69, 9.17) is 16.0 Å². The van der Waals surface area contributed by atoms with Gasteiger partial charge in [-0.1, -0.05) is 0 Å². The Morgan fingerprint density at radius 1 is 1.50 bits per heavy atom. The molecule has 0 bridgehead atoms. The molecule has 1 heterocycles. The molecule has 0 radical (unpaired) electrons. The van der Waals surface area contributed by atoms with Gasteiger partial charge in [0.1, 0.15) is 5.54 Å². The quantitative estimate of drug-likeness (QED) is 0.822. The Kier molecular flexibility index (Phi) is 3.59. The van der Waals surface area contributed by atoms with Gasteiger partial charge in [0.05, 0.1) is 18.9 Å². The lowest BCUT2D eigenvalue weighted by Gasteiger charge is -2.22. The highest BCUT2D eigenvalue weighted by Gasteiger charge is 2.31. The van der Waals surface area contributed by atoms with E-state index in [1.165, 1.54) is 33.3 Å². The molecule has 6 heteroatoms. The molecule has 5 nitrogen and oxygen atoms in total. The number of hydrogen-bond acceptors (Lipinski definition) is 4. The van der Waals surface area contributed by atoms with Crippen molar-refractivity contribution < 1.29 is 18.7 Å². The van der Waals surface area contributed by atoms with Crippen molar-refractivity contribution >= 4 is 23.5 Å². The van der Waals surface area contributed by atoms with E-state index in [0.717, 1.165) is 0 Å². The van der Waals surface area contributed by atoms with Crippen LogP contribution in [-0.2, 0) is 9.53 Å². The number of amides is 1. The summed E-state index contributed by atoms with van der Waals surface area (Å²) in [6.07, 6.45) is 1.29. The van der Waals surface area contributed by atoms with Gasteiger partial charge in [-0.05, 0) is 31.5 Å². The van der Waals surface area contributed by atoms with Crippen LogP contribution in [-0.4, -0.2) is 24.5 Å². The van der Waals surface area contributed by atoms with Crippen LogP contribution >= 0.6 is 11.6 Å². The molecule has 0 fully saturated rings. The number of ether oxygens (including phenoxy) is 1. The molecule has 0 aliphatic rings. The first-order chi connectivity index (χ1) is 7.38.